The van der Waals surface area contributed by atoms with Crippen molar-refractivity contribution in [3.05, 3.63) is 0 Å². The van der Waals surface area contributed by atoms with Crippen LogP contribution in [0.5, 0.6) is 0 Å². The van der Waals surface area contributed by atoms with Crippen LogP contribution in [0.3, 0.4) is 0 Å². The molecule has 0 radical (unpaired) electrons. The summed E-state index contributed by atoms with van der Waals surface area (Å²) in [4.78, 5) is 18.8. The molecule has 20 heavy (non-hydrogen) atoms. The van der Waals surface area contributed by atoms with E-state index in [-0.39, 0.29) is 19.4 Å². The van der Waals surface area contributed by atoms with E-state index in [9.17, 15) is 18.9 Å². The second-order valence-electron chi connectivity index (χ2n) is 4.50. The summed E-state index contributed by atoms with van der Waals surface area (Å²) < 4.78 is 43.1. The molecule has 4 atom stereocenters. The second kappa shape index (κ2) is 8.01. The van der Waals surface area contributed by atoms with Crippen molar-refractivity contribution in [2.45, 2.75) is 25.6 Å². The maximum atomic E-state index is 11.7. The zero-order valence-electron chi connectivity index (χ0n) is 11.6. The summed E-state index contributed by atoms with van der Waals surface area (Å²) in [5.41, 5.74) is 0. The van der Waals surface area contributed by atoms with Gasteiger partial charge >= 0.3 is 15.2 Å². The largest absolute Gasteiger partial charge is 0.381 e. The van der Waals surface area contributed by atoms with Crippen LogP contribution in [0.1, 0.15) is 13.3 Å². The molecule has 0 aromatic carbocycles. The lowest BCUT2D eigenvalue weighted by molar-refractivity contribution is 0.0142. The van der Waals surface area contributed by atoms with Crippen LogP contribution < -0.4 is 0 Å². The summed E-state index contributed by atoms with van der Waals surface area (Å²) in [5, 5.41) is 0. The average Bonchev–Trinajstić information content (AvgIpc) is 2.72. The molecular weight excluding hydrogens is 310 g/mol. The summed E-state index contributed by atoms with van der Waals surface area (Å²) in [7, 11) is -7.37. The minimum absolute atomic E-state index is 0.106. The molecule has 1 aliphatic rings. The van der Waals surface area contributed by atoms with E-state index in [0.29, 0.717) is 19.6 Å². The fourth-order valence-corrected chi connectivity index (χ4v) is 3.35. The Balaban J connectivity index is 2.39. The quantitative estimate of drug-likeness (QED) is 0.479. The predicted molar refractivity (Wildman–Crippen MR) is 72.1 cm³/mol. The highest BCUT2D eigenvalue weighted by Gasteiger charge is 2.35. The SMILES string of the molecule is CCOCCP(=O)(O)OC[C@H]1OCC[C@H]1OP(C)(=O)O. The van der Waals surface area contributed by atoms with Crippen LogP contribution in [0.25, 0.3) is 0 Å². The molecular formula is C10H22O8P2. The normalized spacial score (nSPS) is 29.0. The zero-order chi connectivity index (χ0) is 15.2. The van der Waals surface area contributed by atoms with E-state index in [1.54, 1.807) is 6.92 Å². The fourth-order valence-electron chi connectivity index (χ4n) is 1.73. The van der Waals surface area contributed by atoms with E-state index >= 15 is 0 Å². The fraction of sp³-hybridized carbons (Fsp3) is 1.00. The Labute approximate surface area is 118 Å². The van der Waals surface area contributed by atoms with E-state index < -0.39 is 27.4 Å². The number of hydrogen-bond acceptors (Lipinski definition) is 6. The van der Waals surface area contributed by atoms with Gasteiger partial charge in [0.25, 0.3) is 0 Å². The van der Waals surface area contributed by atoms with E-state index in [1.165, 1.54) is 0 Å². The third-order valence-corrected chi connectivity index (χ3v) is 4.60. The molecule has 2 N–H and O–H groups in total. The molecule has 10 heteroatoms. The van der Waals surface area contributed by atoms with E-state index in [4.69, 9.17) is 18.5 Å². The first kappa shape index (κ1) is 18.3. The standard InChI is InChI=1S/C10H22O8P2/c1-3-15-6-7-20(13,14)17-8-10-9(4-5-16-10)18-19(2,11)12/h9-10H,3-8H2,1-2H3,(H,11,12)(H,13,14)/t9-,10-/m1/s1. The number of ether oxygens (including phenoxy) is 2. The highest BCUT2D eigenvalue weighted by atomic mass is 31.2. The molecule has 1 fully saturated rings. The third kappa shape index (κ3) is 7.29. The van der Waals surface area contributed by atoms with Crippen molar-refractivity contribution in [3.63, 3.8) is 0 Å². The molecule has 1 saturated heterocycles. The lowest BCUT2D eigenvalue weighted by Crippen LogP contribution is -2.28. The van der Waals surface area contributed by atoms with Crippen LogP contribution >= 0.6 is 15.2 Å². The van der Waals surface area contributed by atoms with Crippen molar-refractivity contribution in [1.29, 1.82) is 0 Å². The molecule has 8 nitrogen and oxygen atoms in total. The summed E-state index contributed by atoms with van der Waals surface area (Å²) in [5.74, 6) is 0. The van der Waals surface area contributed by atoms with Gasteiger partial charge in [0.1, 0.15) is 6.10 Å². The van der Waals surface area contributed by atoms with Crippen molar-refractivity contribution in [2.75, 3.05) is 39.3 Å². The molecule has 0 bridgehead atoms. The smallest absolute Gasteiger partial charge is 0.330 e. The first-order chi connectivity index (χ1) is 9.23. The van der Waals surface area contributed by atoms with Crippen LogP contribution in [-0.4, -0.2) is 61.2 Å². The topological polar surface area (TPSA) is 112 Å². The van der Waals surface area contributed by atoms with Gasteiger partial charge in [-0.05, 0) is 6.92 Å². The lowest BCUT2D eigenvalue weighted by Gasteiger charge is -2.21. The van der Waals surface area contributed by atoms with Crippen LogP contribution in [0, 0.1) is 0 Å². The van der Waals surface area contributed by atoms with Crippen LogP contribution in [0.15, 0.2) is 0 Å². The van der Waals surface area contributed by atoms with Gasteiger partial charge in [0.15, 0.2) is 0 Å². The van der Waals surface area contributed by atoms with Gasteiger partial charge in [-0.25, -0.2) is 0 Å². The van der Waals surface area contributed by atoms with E-state index in [1.807, 2.05) is 0 Å². The van der Waals surface area contributed by atoms with Crippen molar-refractivity contribution in [3.8, 4) is 0 Å². The van der Waals surface area contributed by atoms with Gasteiger partial charge in [0.05, 0.1) is 25.5 Å². The highest BCUT2D eigenvalue weighted by molar-refractivity contribution is 7.52. The summed E-state index contributed by atoms with van der Waals surface area (Å²) in [6, 6.07) is 0. The average molecular weight is 332 g/mol. The molecule has 0 aromatic heterocycles. The molecule has 1 rings (SSSR count). The first-order valence-electron chi connectivity index (χ1n) is 6.38. The maximum absolute atomic E-state index is 11.7. The monoisotopic (exact) mass is 332 g/mol. The van der Waals surface area contributed by atoms with Crippen molar-refractivity contribution in [2.24, 2.45) is 0 Å². The van der Waals surface area contributed by atoms with Crippen molar-refractivity contribution in [1.82, 2.24) is 0 Å². The molecule has 1 aliphatic heterocycles. The Morgan fingerprint density at radius 2 is 2.05 bits per heavy atom. The Hall–Kier alpha value is 0.220. The maximum Gasteiger partial charge on any atom is 0.330 e. The van der Waals surface area contributed by atoms with Crippen LogP contribution in [0.2, 0.25) is 0 Å². The van der Waals surface area contributed by atoms with E-state index in [2.05, 4.69) is 0 Å². The van der Waals surface area contributed by atoms with E-state index in [0.717, 1.165) is 6.66 Å². The molecule has 0 amide bonds. The number of hydrogen-bond donors (Lipinski definition) is 2. The highest BCUT2D eigenvalue weighted by Crippen LogP contribution is 2.44. The summed E-state index contributed by atoms with van der Waals surface area (Å²) >= 11 is 0. The summed E-state index contributed by atoms with van der Waals surface area (Å²) in [6.07, 6.45) is -0.891. The Morgan fingerprint density at radius 3 is 2.65 bits per heavy atom. The van der Waals surface area contributed by atoms with Gasteiger partial charge in [-0.3, -0.25) is 9.13 Å². The van der Waals surface area contributed by atoms with Gasteiger partial charge in [-0.15, -0.1) is 0 Å². The predicted octanol–water partition coefficient (Wildman–Crippen LogP) is 1.21. The van der Waals surface area contributed by atoms with Crippen molar-refractivity contribution >= 4 is 15.2 Å². The molecule has 1 heterocycles. The van der Waals surface area contributed by atoms with Gasteiger partial charge < -0.3 is 28.3 Å². The minimum atomic E-state index is -3.74. The second-order valence-corrected chi connectivity index (χ2v) is 8.30. The zero-order valence-corrected chi connectivity index (χ0v) is 13.4. The molecule has 0 aliphatic carbocycles. The number of rotatable bonds is 9. The van der Waals surface area contributed by atoms with Crippen molar-refractivity contribution < 1.29 is 37.4 Å². The van der Waals surface area contributed by atoms with Crippen LogP contribution in [-0.2, 0) is 27.7 Å². The Morgan fingerprint density at radius 1 is 1.35 bits per heavy atom. The lowest BCUT2D eigenvalue weighted by atomic mass is 10.2. The first-order valence-corrected chi connectivity index (χ1v) is 10.2. The molecule has 120 valence electrons. The minimum Gasteiger partial charge on any atom is -0.381 e. The molecule has 0 saturated carbocycles. The summed E-state index contributed by atoms with van der Waals surface area (Å²) in [6.45, 7) is 3.66. The molecule has 2 unspecified atom stereocenters. The Bertz CT molecular complexity index is 381. The van der Waals surface area contributed by atoms with Gasteiger partial charge in [0, 0.05) is 26.3 Å². The van der Waals surface area contributed by atoms with Crippen LogP contribution in [0.4, 0.5) is 0 Å². The molecule has 0 aromatic rings. The Kier molecular flexibility index (Phi) is 7.32. The van der Waals surface area contributed by atoms with Gasteiger partial charge in [-0.1, -0.05) is 0 Å². The van der Waals surface area contributed by atoms with Gasteiger partial charge in [0.2, 0.25) is 0 Å². The van der Waals surface area contributed by atoms with Gasteiger partial charge in [-0.2, -0.15) is 0 Å². The third-order valence-electron chi connectivity index (χ3n) is 2.64. The molecule has 0 spiro atoms.